The maximum Gasteiger partial charge on any atom is 0.394 e. The predicted molar refractivity (Wildman–Crippen MR) is 125 cm³/mol. The summed E-state index contributed by atoms with van der Waals surface area (Å²) in [6, 6.07) is 9.96. The second kappa shape index (κ2) is 10.3. The number of nitrogens with one attached hydrogen (secondary N) is 2. The lowest BCUT2D eigenvalue weighted by atomic mass is 10.1. The molecule has 2 heterocycles. The standard InChI is InChI=1S/C25H27F2N3O4/c1-17-5-7-20(18(14-17)4-3-9-30-10-12-32-13-11-30)29-24(31)23-16-28-21-15-19(34-25(2,26)27)6-8-22(21)33-23/h5-8,14-15,23,28H,9-13,16H2,1-2H3,(H,29,31). The summed E-state index contributed by atoms with van der Waals surface area (Å²) in [5.74, 6) is 6.41. The molecule has 34 heavy (non-hydrogen) atoms. The molecule has 7 nitrogen and oxygen atoms in total. The van der Waals surface area contributed by atoms with Gasteiger partial charge in [0.25, 0.3) is 5.91 Å². The molecule has 0 aliphatic carbocycles. The van der Waals surface area contributed by atoms with E-state index in [1.165, 1.54) is 18.2 Å². The topological polar surface area (TPSA) is 72.1 Å². The van der Waals surface area contributed by atoms with Crippen LogP contribution < -0.4 is 20.1 Å². The lowest BCUT2D eigenvalue weighted by molar-refractivity contribution is -0.158. The molecule has 4 rings (SSSR count). The van der Waals surface area contributed by atoms with Crippen LogP contribution in [0.15, 0.2) is 36.4 Å². The average molecular weight is 472 g/mol. The van der Waals surface area contributed by atoms with E-state index in [0.29, 0.717) is 43.8 Å². The van der Waals surface area contributed by atoms with Gasteiger partial charge in [-0.05, 0) is 36.8 Å². The van der Waals surface area contributed by atoms with Crippen LogP contribution in [0.5, 0.6) is 11.5 Å². The van der Waals surface area contributed by atoms with Crippen molar-refractivity contribution in [2.75, 3.05) is 50.0 Å². The zero-order chi connectivity index (χ0) is 24.1. The summed E-state index contributed by atoms with van der Waals surface area (Å²) in [5, 5.41) is 5.95. The molecule has 1 fully saturated rings. The molecule has 1 atom stereocenters. The first-order valence-electron chi connectivity index (χ1n) is 11.1. The first-order valence-corrected chi connectivity index (χ1v) is 11.1. The zero-order valence-electron chi connectivity index (χ0n) is 19.1. The highest BCUT2D eigenvalue weighted by Gasteiger charge is 2.28. The molecule has 2 aliphatic rings. The van der Waals surface area contributed by atoms with E-state index in [2.05, 4.69) is 32.1 Å². The van der Waals surface area contributed by atoms with Gasteiger partial charge in [0.2, 0.25) is 0 Å². The SMILES string of the molecule is Cc1ccc(NC(=O)C2CNc3cc(OC(C)(F)F)ccc3O2)c(C#CCN2CCOCC2)c1. The maximum atomic E-state index is 13.1. The van der Waals surface area contributed by atoms with Crippen molar-refractivity contribution in [2.24, 2.45) is 0 Å². The fourth-order valence-electron chi connectivity index (χ4n) is 3.65. The Morgan fingerprint density at radius 1 is 1.26 bits per heavy atom. The summed E-state index contributed by atoms with van der Waals surface area (Å²) in [6.45, 7) is 6.58. The normalized spacial score (nSPS) is 17.9. The molecule has 0 radical (unpaired) electrons. The summed E-state index contributed by atoms with van der Waals surface area (Å²) in [4.78, 5) is 15.1. The van der Waals surface area contributed by atoms with Crippen molar-refractivity contribution < 1.29 is 27.8 Å². The van der Waals surface area contributed by atoms with Gasteiger partial charge in [0.1, 0.15) is 11.5 Å². The second-order valence-corrected chi connectivity index (χ2v) is 8.28. The van der Waals surface area contributed by atoms with Gasteiger partial charge in [0.05, 0.1) is 37.7 Å². The van der Waals surface area contributed by atoms with Crippen LogP contribution in [0.2, 0.25) is 0 Å². The van der Waals surface area contributed by atoms with E-state index in [9.17, 15) is 13.6 Å². The van der Waals surface area contributed by atoms with Gasteiger partial charge in [-0.2, -0.15) is 8.78 Å². The number of ether oxygens (including phenoxy) is 3. The molecule has 1 saturated heterocycles. The van der Waals surface area contributed by atoms with Crippen molar-refractivity contribution in [1.82, 2.24) is 4.90 Å². The fraction of sp³-hybridized carbons (Fsp3) is 0.400. The van der Waals surface area contributed by atoms with Crippen LogP contribution in [0, 0.1) is 18.8 Å². The molecule has 0 aromatic heterocycles. The number of nitrogens with zero attached hydrogens (tertiary/aromatic N) is 1. The number of halogens is 2. The Morgan fingerprint density at radius 3 is 2.82 bits per heavy atom. The lowest BCUT2D eigenvalue weighted by Gasteiger charge is -2.27. The molecule has 180 valence electrons. The molecule has 0 saturated carbocycles. The van der Waals surface area contributed by atoms with Crippen LogP contribution >= 0.6 is 0 Å². The quantitative estimate of drug-likeness (QED) is 0.651. The third-order valence-corrected chi connectivity index (χ3v) is 5.35. The molecule has 2 aliphatic heterocycles. The van der Waals surface area contributed by atoms with Crippen LogP contribution in [0.4, 0.5) is 20.2 Å². The first kappa shape index (κ1) is 23.8. The van der Waals surface area contributed by atoms with Crippen LogP contribution in [0.25, 0.3) is 0 Å². The van der Waals surface area contributed by atoms with Crippen molar-refractivity contribution in [1.29, 1.82) is 0 Å². The Kier molecular flexibility index (Phi) is 7.20. The molecule has 2 aromatic rings. The zero-order valence-corrected chi connectivity index (χ0v) is 19.1. The van der Waals surface area contributed by atoms with E-state index in [-0.39, 0.29) is 18.2 Å². The highest BCUT2D eigenvalue weighted by atomic mass is 19.3. The highest BCUT2D eigenvalue weighted by Crippen LogP contribution is 2.34. The van der Waals surface area contributed by atoms with E-state index >= 15 is 0 Å². The molecular weight excluding hydrogens is 444 g/mol. The van der Waals surface area contributed by atoms with Gasteiger partial charge in [-0.3, -0.25) is 9.69 Å². The molecule has 1 amide bonds. The van der Waals surface area contributed by atoms with Gasteiger partial charge in [-0.25, -0.2) is 0 Å². The number of rotatable bonds is 5. The first-order chi connectivity index (χ1) is 16.3. The minimum absolute atomic E-state index is 0.00482. The van der Waals surface area contributed by atoms with Crippen molar-refractivity contribution in [3.8, 4) is 23.3 Å². The Balaban J connectivity index is 1.41. The number of carbonyl (C=O) groups is 1. The predicted octanol–water partition coefficient (Wildman–Crippen LogP) is 3.48. The minimum atomic E-state index is -3.29. The molecular formula is C25H27F2N3O4. The van der Waals surface area contributed by atoms with Crippen LogP contribution in [0.3, 0.4) is 0 Å². The molecule has 9 heteroatoms. The molecule has 0 bridgehead atoms. The molecule has 1 unspecified atom stereocenters. The van der Waals surface area contributed by atoms with Gasteiger partial charge in [0, 0.05) is 31.6 Å². The van der Waals surface area contributed by atoms with Gasteiger partial charge in [-0.1, -0.05) is 17.9 Å². The largest absolute Gasteiger partial charge is 0.477 e. The van der Waals surface area contributed by atoms with Crippen molar-refractivity contribution in [2.45, 2.75) is 26.1 Å². The van der Waals surface area contributed by atoms with Crippen LogP contribution in [0.1, 0.15) is 18.1 Å². The summed E-state index contributed by atoms with van der Waals surface area (Å²) in [5.41, 5.74) is 2.85. The molecule has 2 aromatic carbocycles. The van der Waals surface area contributed by atoms with E-state index in [0.717, 1.165) is 24.2 Å². The molecule has 0 spiro atoms. The molecule has 2 N–H and O–H groups in total. The number of benzene rings is 2. The Labute approximate surface area is 197 Å². The van der Waals surface area contributed by atoms with Gasteiger partial charge >= 0.3 is 6.11 Å². The number of carbonyl (C=O) groups excluding carboxylic acids is 1. The summed E-state index contributed by atoms with van der Waals surface area (Å²) >= 11 is 0. The minimum Gasteiger partial charge on any atom is -0.477 e. The Hall–Kier alpha value is -3.35. The fourth-order valence-corrected chi connectivity index (χ4v) is 3.65. The van der Waals surface area contributed by atoms with Crippen molar-refractivity contribution in [3.05, 3.63) is 47.5 Å². The third kappa shape index (κ3) is 6.37. The number of alkyl halides is 2. The summed E-state index contributed by atoms with van der Waals surface area (Å²) < 4.78 is 41.9. The monoisotopic (exact) mass is 471 g/mol. The smallest absolute Gasteiger partial charge is 0.394 e. The van der Waals surface area contributed by atoms with Crippen molar-refractivity contribution >= 4 is 17.3 Å². The number of aryl methyl sites for hydroxylation is 1. The number of fused-ring (bicyclic) bond motifs is 1. The number of amides is 1. The lowest BCUT2D eigenvalue weighted by Crippen LogP contribution is -2.41. The second-order valence-electron chi connectivity index (χ2n) is 8.28. The average Bonchev–Trinajstić information content (AvgIpc) is 2.80. The van der Waals surface area contributed by atoms with Crippen LogP contribution in [-0.4, -0.2) is 62.4 Å². The maximum absolute atomic E-state index is 13.1. The van der Waals surface area contributed by atoms with Crippen LogP contribution in [-0.2, 0) is 9.53 Å². The van der Waals surface area contributed by atoms with Gasteiger partial charge in [-0.15, -0.1) is 0 Å². The van der Waals surface area contributed by atoms with E-state index in [4.69, 9.17) is 9.47 Å². The number of hydrogen-bond acceptors (Lipinski definition) is 6. The van der Waals surface area contributed by atoms with E-state index < -0.39 is 12.2 Å². The Bertz CT molecular complexity index is 1100. The van der Waals surface area contributed by atoms with Gasteiger partial charge in [0.15, 0.2) is 6.10 Å². The summed E-state index contributed by atoms with van der Waals surface area (Å²) in [7, 11) is 0. The summed E-state index contributed by atoms with van der Waals surface area (Å²) in [6.07, 6.45) is -4.09. The number of morpholine rings is 1. The third-order valence-electron chi connectivity index (χ3n) is 5.35. The number of hydrogen-bond donors (Lipinski definition) is 2. The van der Waals surface area contributed by atoms with Gasteiger partial charge < -0.3 is 24.8 Å². The highest BCUT2D eigenvalue weighted by molar-refractivity contribution is 5.96. The van der Waals surface area contributed by atoms with E-state index in [1.807, 2.05) is 25.1 Å². The number of anilines is 2. The Morgan fingerprint density at radius 2 is 2.06 bits per heavy atom. The van der Waals surface area contributed by atoms with E-state index in [1.54, 1.807) is 0 Å². The van der Waals surface area contributed by atoms with Crippen molar-refractivity contribution in [3.63, 3.8) is 0 Å².